The number of anilines is 1. The van der Waals surface area contributed by atoms with Gasteiger partial charge < -0.3 is 15.6 Å². The Bertz CT molecular complexity index is 1010. The number of aromatic nitrogens is 3. The van der Waals surface area contributed by atoms with Crippen molar-refractivity contribution in [1.82, 2.24) is 15.0 Å². The van der Waals surface area contributed by atoms with Crippen LogP contribution in [0.15, 0.2) is 36.7 Å². The quantitative estimate of drug-likeness (QED) is 0.678. The van der Waals surface area contributed by atoms with Gasteiger partial charge in [0, 0.05) is 42.0 Å². The molecule has 0 aliphatic carbocycles. The van der Waals surface area contributed by atoms with E-state index in [4.69, 9.17) is 10.7 Å². The van der Waals surface area contributed by atoms with Crippen LogP contribution in [0.1, 0.15) is 44.0 Å². The van der Waals surface area contributed by atoms with Crippen molar-refractivity contribution in [2.75, 3.05) is 18.0 Å². The molecule has 1 fully saturated rings. The zero-order chi connectivity index (χ0) is 19.9. The van der Waals surface area contributed by atoms with Gasteiger partial charge in [-0.3, -0.25) is 4.79 Å². The van der Waals surface area contributed by atoms with Gasteiger partial charge in [0.15, 0.2) is 11.4 Å². The Morgan fingerprint density at radius 1 is 1.25 bits per heavy atom. The molecule has 1 aromatic carbocycles. The van der Waals surface area contributed by atoms with E-state index < -0.39 is 5.41 Å². The summed E-state index contributed by atoms with van der Waals surface area (Å²) in [6, 6.07) is 8.65. The smallest absolute Gasteiger partial charge is 0.171 e. The first-order valence-electron chi connectivity index (χ1n) is 9.83. The monoisotopic (exact) mass is 377 g/mol. The van der Waals surface area contributed by atoms with Gasteiger partial charge in [0.1, 0.15) is 5.52 Å². The van der Waals surface area contributed by atoms with Gasteiger partial charge in [-0.2, -0.15) is 0 Å². The molecule has 146 valence electrons. The van der Waals surface area contributed by atoms with Gasteiger partial charge in [0.05, 0.1) is 17.5 Å². The van der Waals surface area contributed by atoms with E-state index in [1.807, 2.05) is 32.9 Å². The van der Waals surface area contributed by atoms with E-state index in [-0.39, 0.29) is 5.78 Å². The summed E-state index contributed by atoms with van der Waals surface area (Å²) in [5.41, 5.74) is 10.4. The largest absolute Gasteiger partial charge is 0.371 e. The lowest BCUT2D eigenvalue weighted by atomic mass is 9.87. The number of nitrogens with two attached hydrogens (primary N) is 1. The minimum absolute atomic E-state index is 0.0589. The lowest BCUT2D eigenvalue weighted by Crippen LogP contribution is -2.39. The highest BCUT2D eigenvalue weighted by Gasteiger charge is 2.26. The lowest BCUT2D eigenvalue weighted by molar-refractivity contribution is 0.0860. The number of benzene rings is 1. The highest BCUT2D eigenvalue weighted by molar-refractivity contribution is 6.08. The van der Waals surface area contributed by atoms with E-state index in [0.29, 0.717) is 22.8 Å². The number of fused-ring (bicyclic) bond motifs is 1. The summed E-state index contributed by atoms with van der Waals surface area (Å²) in [6.07, 6.45) is 5.50. The fourth-order valence-corrected chi connectivity index (χ4v) is 3.63. The Hall–Kier alpha value is -2.73. The van der Waals surface area contributed by atoms with Gasteiger partial charge in [-0.05, 0) is 25.0 Å². The molecule has 2 aromatic heterocycles. The van der Waals surface area contributed by atoms with Gasteiger partial charge in [-0.15, -0.1) is 0 Å². The number of piperidine rings is 1. The van der Waals surface area contributed by atoms with E-state index in [2.05, 4.69) is 27.0 Å². The van der Waals surface area contributed by atoms with Crippen molar-refractivity contribution >= 4 is 22.6 Å². The van der Waals surface area contributed by atoms with Crippen LogP contribution in [0.3, 0.4) is 0 Å². The summed E-state index contributed by atoms with van der Waals surface area (Å²) in [5.74, 6) is 0.0589. The van der Waals surface area contributed by atoms with Crippen LogP contribution in [-0.4, -0.2) is 39.9 Å². The molecule has 0 amide bonds. The molecule has 0 bridgehead atoms. The van der Waals surface area contributed by atoms with E-state index in [0.717, 1.165) is 37.2 Å². The van der Waals surface area contributed by atoms with E-state index in [9.17, 15) is 4.79 Å². The topological polar surface area (TPSA) is 87.9 Å². The summed E-state index contributed by atoms with van der Waals surface area (Å²) >= 11 is 0. The predicted molar refractivity (Wildman–Crippen MR) is 113 cm³/mol. The summed E-state index contributed by atoms with van der Waals surface area (Å²) in [6.45, 7) is 7.69. The van der Waals surface area contributed by atoms with Crippen molar-refractivity contribution in [3.05, 3.63) is 42.2 Å². The molecular formula is C22H27N5O. The highest BCUT2D eigenvalue weighted by atomic mass is 16.1. The number of H-pyrrole nitrogens is 1. The predicted octanol–water partition coefficient (Wildman–Crippen LogP) is 3.78. The minimum atomic E-state index is -0.470. The zero-order valence-electron chi connectivity index (χ0n) is 16.7. The summed E-state index contributed by atoms with van der Waals surface area (Å²) in [4.78, 5) is 27.5. The number of hydrogen-bond donors (Lipinski definition) is 2. The van der Waals surface area contributed by atoms with Crippen LogP contribution in [-0.2, 0) is 0 Å². The fourth-order valence-electron chi connectivity index (χ4n) is 3.63. The lowest BCUT2D eigenvalue weighted by Gasteiger charge is -2.32. The molecule has 0 unspecified atom stereocenters. The van der Waals surface area contributed by atoms with E-state index in [1.54, 1.807) is 12.4 Å². The van der Waals surface area contributed by atoms with Crippen LogP contribution in [0, 0.1) is 5.41 Å². The first kappa shape index (κ1) is 18.6. The van der Waals surface area contributed by atoms with Gasteiger partial charge >= 0.3 is 0 Å². The summed E-state index contributed by atoms with van der Waals surface area (Å²) in [5, 5.41) is 0. The molecule has 0 radical (unpaired) electrons. The maximum atomic E-state index is 12.8. The van der Waals surface area contributed by atoms with Crippen molar-refractivity contribution in [3.63, 3.8) is 0 Å². The molecule has 1 aliphatic heterocycles. The first-order chi connectivity index (χ1) is 13.3. The number of carbonyl (C=O) groups is 1. The third-order valence-corrected chi connectivity index (χ3v) is 5.35. The Labute approximate surface area is 165 Å². The molecule has 0 spiro atoms. The number of rotatable bonds is 3. The number of hydrogen-bond acceptors (Lipinski definition) is 5. The van der Waals surface area contributed by atoms with Crippen LogP contribution < -0.4 is 10.6 Å². The van der Waals surface area contributed by atoms with E-state index >= 15 is 0 Å². The van der Waals surface area contributed by atoms with Crippen LogP contribution in [0.25, 0.3) is 22.4 Å². The maximum absolute atomic E-state index is 12.8. The molecule has 1 aliphatic rings. The van der Waals surface area contributed by atoms with Crippen LogP contribution >= 0.6 is 0 Å². The molecule has 0 saturated carbocycles. The number of nitrogens with zero attached hydrogens (tertiary/aromatic N) is 3. The number of carbonyl (C=O) groups excluding carboxylic acids is 1. The zero-order valence-corrected chi connectivity index (χ0v) is 16.7. The molecular weight excluding hydrogens is 350 g/mol. The second kappa shape index (κ2) is 7.02. The molecule has 1 saturated heterocycles. The molecule has 0 atom stereocenters. The molecule has 6 heteroatoms. The molecule has 3 heterocycles. The Balaban J connectivity index is 1.70. The number of nitrogens with one attached hydrogen (secondary N) is 1. The second-order valence-corrected chi connectivity index (χ2v) is 8.61. The highest BCUT2D eigenvalue weighted by Crippen LogP contribution is 2.29. The summed E-state index contributed by atoms with van der Waals surface area (Å²) in [7, 11) is 0. The average Bonchev–Trinajstić information content (AvgIpc) is 3.10. The van der Waals surface area contributed by atoms with Crippen molar-refractivity contribution in [1.29, 1.82) is 0 Å². The summed E-state index contributed by atoms with van der Waals surface area (Å²) < 4.78 is 0. The van der Waals surface area contributed by atoms with Crippen molar-refractivity contribution in [3.8, 4) is 11.3 Å². The van der Waals surface area contributed by atoms with Crippen molar-refractivity contribution in [2.45, 2.75) is 39.7 Å². The van der Waals surface area contributed by atoms with Gasteiger partial charge in [0.25, 0.3) is 0 Å². The standard InChI is InChI=1S/C22H27N5O/c1-22(2,3)20(28)17-12-24-21-19(17)26-18(13-25-21)14-5-4-6-16(11-14)27-9-7-15(23)8-10-27/h4-6,11-13,15H,7-10,23H2,1-3H3,(H,24,25). The van der Waals surface area contributed by atoms with Gasteiger partial charge in [-0.1, -0.05) is 32.9 Å². The average molecular weight is 377 g/mol. The van der Waals surface area contributed by atoms with Crippen LogP contribution in [0.2, 0.25) is 0 Å². The minimum Gasteiger partial charge on any atom is -0.371 e. The molecule has 3 aromatic rings. The Morgan fingerprint density at radius 3 is 2.71 bits per heavy atom. The Kier molecular flexibility index (Phi) is 4.67. The first-order valence-corrected chi connectivity index (χ1v) is 9.83. The van der Waals surface area contributed by atoms with E-state index in [1.165, 1.54) is 5.69 Å². The second-order valence-electron chi connectivity index (χ2n) is 8.61. The van der Waals surface area contributed by atoms with Gasteiger partial charge in [-0.25, -0.2) is 9.97 Å². The molecule has 6 nitrogen and oxygen atoms in total. The Morgan fingerprint density at radius 2 is 2.00 bits per heavy atom. The molecule has 3 N–H and O–H groups in total. The van der Waals surface area contributed by atoms with Crippen molar-refractivity contribution < 1.29 is 4.79 Å². The van der Waals surface area contributed by atoms with Crippen LogP contribution in [0.4, 0.5) is 5.69 Å². The number of aromatic amines is 1. The maximum Gasteiger partial charge on any atom is 0.171 e. The van der Waals surface area contributed by atoms with Crippen molar-refractivity contribution in [2.24, 2.45) is 11.1 Å². The third-order valence-electron chi connectivity index (χ3n) is 5.35. The third kappa shape index (κ3) is 3.52. The fraction of sp³-hybridized carbons (Fsp3) is 0.409. The number of ketones is 1. The van der Waals surface area contributed by atoms with Gasteiger partial charge in [0.2, 0.25) is 0 Å². The van der Waals surface area contributed by atoms with Crippen LogP contribution in [0.5, 0.6) is 0 Å². The molecule has 4 rings (SSSR count). The number of Topliss-reactive ketones (excluding diaryl/α,β-unsaturated/α-hetero) is 1. The molecule has 28 heavy (non-hydrogen) atoms. The normalized spacial score (nSPS) is 15.9. The SMILES string of the molecule is CC(C)(C)C(=O)c1c[nH]c2ncc(-c3cccc(N4CCC(N)CC4)c3)nc12.